The Morgan fingerprint density at radius 2 is 2.06 bits per heavy atom. The number of methoxy groups -OCH3 is 1. The SMILES string of the molecule is COCCCn1c(NC(=O)c2cccc(C#N)c2)nc2ccc(C(=O)N3CCC3)nc21. The summed E-state index contributed by atoms with van der Waals surface area (Å²) in [5, 5.41) is 11.9. The van der Waals surface area contributed by atoms with Crippen LogP contribution in [-0.4, -0.2) is 58.1 Å². The standard InChI is InChI=1S/C22H22N6O3/c1-31-12-4-11-28-19-17(7-8-18(24-19)21(30)27-9-3-10-27)25-22(28)26-20(29)16-6-2-5-15(13-16)14-23/h2,5-8,13H,3-4,9-12H2,1H3,(H,25,26,29). The first-order valence-electron chi connectivity index (χ1n) is 10.1. The van der Waals surface area contributed by atoms with Crippen LogP contribution in [-0.2, 0) is 11.3 Å². The molecule has 2 amide bonds. The quantitative estimate of drug-likeness (QED) is 0.590. The van der Waals surface area contributed by atoms with Crippen molar-refractivity contribution < 1.29 is 14.3 Å². The number of anilines is 1. The molecule has 1 N–H and O–H groups in total. The number of nitrogens with zero attached hydrogens (tertiary/aromatic N) is 5. The summed E-state index contributed by atoms with van der Waals surface area (Å²) in [5.74, 6) is -0.145. The summed E-state index contributed by atoms with van der Waals surface area (Å²) in [6.07, 6.45) is 1.69. The highest BCUT2D eigenvalue weighted by atomic mass is 16.5. The average Bonchev–Trinajstić information content (AvgIpc) is 3.09. The lowest BCUT2D eigenvalue weighted by molar-refractivity contribution is 0.0646. The molecule has 0 spiro atoms. The van der Waals surface area contributed by atoms with Crippen molar-refractivity contribution in [1.82, 2.24) is 19.4 Å². The Labute approximate surface area is 179 Å². The van der Waals surface area contributed by atoms with Crippen LogP contribution in [0.1, 0.15) is 39.3 Å². The molecule has 9 nitrogen and oxygen atoms in total. The summed E-state index contributed by atoms with van der Waals surface area (Å²) in [4.78, 5) is 36.2. The molecule has 0 bridgehead atoms. The minimum atomic E-state index is -0.378. The molecule has 9 heteroatoms. The van der Waals surface area contributed by atoms with Crippen LogP contribution >= 0.6 is 0 Å². The number of hydrogen-bond donors (Lipinski definition) is 1. The van der Waals surface area contributed by atoms with Gasteiger partial charge in [-0.15, -0.1) is 0 Å². The van der Waals surface area contributed by atoms with E-state index < -0.39 is 0 Å². The molecule has 0 aliphatic carbocycles. The lowest BCUT2D eigenvalue weighted by Gasteiger charge is -2.30. The molecule has 31 heavy (non-hydrogen) atoms. The Hall–Kier alpha value is -3.77. The van der Waals surface area contributed by atoms with Gasteiger partial charge in [0.2, 0.25) is 5.95 Å². The monoisotopic (exact) mass is 418 g/mol. The second-order valence-corrected chi connectivity index (χ2v) is 7.27. The predicted molar refractivity (Wildman–Crippen MR) is 114 cm³/mol. The van der Waals surface area contributed by atoms with E-state index in [0.29, 0.717) is 53.5 Å². The van der Waals surface area contributed by atoms with Crippen molar-refractivity contribution in [3.05, 3.63) is 53.2 Å². The summed E-state index contributed by atoms with van der Waals surface area (Å²) in [5.41, 5.74) is 2.23. The van der Waals surface area contributed by atoms with Gasteiger partial charge >= 0.3 is 0 Å². The number of pyridine rings is 1. The number of amides is 2. The highest BCUT2D eigenvalue weighted by Crippen LogP contribution is 2.21. The van der Waals surface area contributed by atoms with Gasteiger partial charge in [-0.3, -0.25) is 19.5 Å². The zero-order valence-electron chi connectivity index (χ0n) is 17.2. The van der Waals surface area contributed by atoms with Crippen LogP contribution in [0.2, 0.25) is 0 Å². The number of ether oxygens (including phenoxy) is 1. The van der Waals surface area contributed by atoms with Gasteiger partial charge in [0.05, 0.1) is 11.6 Å². The Kier molecular flexibility index (Phi) is 5.91. The van der Waals surface area contributed by atoms with Crippen molar-refractivity contribution in [2.75, 3.05) is 32.1 Å². The van der Waals surface area contributed by atoms with Crippen molar-refractivity contribution in [3.8, 4) is 6.07 Å². The maximum absolute atomic E-state index is 12.8. The highest BCUT2D eigenvalue weighted by Gasteiger charge is 2.24. The van der Waals surface area contributed by atoms with Crippen LogP contribution < -0.4 is 5.32 Å². The van der Waals surface area contributed by atoms with Crippen LogP contribution in [0.3, 0.4) is 0 Å². The van der Waals surface area contributed by atoms with Gasteiger partial charge < -0.3 is 9.64 Å². The fraction of sp³-hybridized carbons (Fsp3) is 0.318. The summed E-state index contributed by atoms with van der Waals surface area (Å²) in [7, 11) is 1.62. The van der Waals surface area contributed by atoms with E-state index in [-0.39, 0.29) is 11.8 Å². The maximum atomic E-state index is 12.8. The second-order valence-electron chi connectivity index (χ2n) is 7.27. The number of imidazole rings is 1. The number of hydrogen-bond acceptors (Lipinski definition) is 6. The number of likely N-dealkylation sites (tertiary alicyclic amines) is 1. The van der Waals surface area contributed by atoms with E-state index >= 15 is 0 Å². The summed E-state index contributed by atoms with van der Waals surface area (Å²) in [6, 6.07) is 11.9. The minimum Gasteiger partial charge on any atom is -0.385 e. The molecule has 1 aliphatic heterocycles. The lowest BCUT2D eigenvalue weighted by Crippen LogP contribution is -2.42. The fourth-order valence-electron chi connectivity index (χ4n) is 3.38. The Bertz CT molecular complexity index is 1180. The van der Waals surface area contributed by atoms with Crippen LogP contribution in [0.4, 0.5) is 5.95 Å². The van der Waals surface area contributed by atoms with Gasteiger partial charge in [0.1, 0.15) is 11.2 Å². The molecular weight excluding hydrogens is 396 g/mol. The van der Waals surface area contributed by atoms with E-state index in [4.69, 9.17) is 10.00 Å². The molecule has 0 atom stereocenters. The van der Waals surface area contributed by atoms with Gasteiger partial charge in [0.15, 0.2) is 5.65 Å². The molecule has 2 aromatic heterocycles. The molecule has 4 rings (SSSR count). The molecule has 158 valence electrons. The highest BCUT2D eigenvalue weighted by molar-refractivity contribution is 6.04. The first-order valence-corrected chi connectivity index (χ1v) is 10.1. The van der Waals surface area contributed by atoms with Gasteiger partial charge in [-0.2, -0.15) is 5.26 Å². The normalized spacial score (nSPS) is 13.0. The summed E-state index contributed by atoms with van der Waals surface area (Å²) >= 11 is 0. The smallest absolute Gasteiger partial charge is 0.272 e. The van der Waals surface area contributed by atoms with E-state index in [0.717, 1.165) is 19.5 Å². The second kappa shape index (κ2) is 8.93. The number of aryl methyl sites for hydroxylation is 1. The average molecular weight is 418 g/mol. The number of nitrogens with one attached hydrogen (secondary N) is 1. The molecule has 0 unspecified atom stereocenters. The van der Waals surface area contributed by atoms with E-state index in [1.807, 2.05) is 6.07 Å². The van der Waals surface area contributed by atoms with Gasteiger partial charge in [0, 0.05) is 38.9 Å². The van der Waals surface area contributed by atoms with E-state index in [1.165, 1.54) is 6.07 Å². The van der Waals surface area contributed by atoms with Gasteiger partial charge in [-0.05, 0) is 43.2 Å². The zero-order valence-corrected chi connectivity index (χ0v) is 17.2. The van der Waals surface area contributed by atoms with Crippen LogP contribution in [0.5, 0.6) is 0 Å². The summed E-state index contributed by atoms with van der Waals surface area (Å²) in [6.45, 7) is 2.53. The van der Waals surface area contributed by atoms with Crippen molar-refractivity contribution >= 4 is 28.9 Å². The molecule has 0 saturated carbocycles. The predicted octanol–water partition coefficient (Wildman–Crippen LogP) is 2.44. The van der Waals surface area contributed by atoms with Gasteiger partial charge in [-0.1, -0.05) is 6.07 Å². The summed E-state index contributed by atoms with van der Waals surface area (Å²) < 4.78 is 6.94. The molecule has 1 saturated heterocycles. The largest absolute Gasteiger partial charge is 0.385 e. The van der Waals surface area contributed by atoms with Crippen molar-refractivity contribution in [1.29, 1.82) is 5.26 Å². The third kappa shape index (κ3) is 4.25. The zero-order chi connectivity index (χ0) is 21.8. The number of carbonyl (C=O) groups excluding carboxylic acids is 2. The third-order valence-electron chi connectivity index (χ3n) is 5.16. The maximum Gasteiger partial charge on any atom is 0.272 e. The Morgan fingerprint density at radius 1 is 1.23 bits per heavy atom. The van der Waals surface area contributed by atoms with Crippen LogP contribution in [0.25, 0.3) is 11.2 Å². The molecule has 1 aromatic carbocycles. The Balaban J connectivity index is 1.67. The van der Waals surface area contributed by atoms with Crippen LogP contribution in [0.15, 0.2) is 36.4 Å². The molecule has 3 heterocycles. The number of aromatic nitrogens is 3. The molecule has 0 radical (unpaired) electrons. The molecule has 1 fully saturated rings. The molecular formula is C22H22N6O3. The minimum absolute atomic E-state index is 0.100. The van der Waals surface area contributed by atoms with E-state index in [2.05, 4.69) is 15.3 Å². The van der Waals surface area contributed by atoms with Crippen molar-refractivity contribution in [2.45, 2.75) is 19.4 Å². The number of carbonyl (C=O) groups is 2. The first-order chi connectivity index (χ1) is 15.1. The van der Waals surface area contributed by atoms with E-state index in [1.54, 1.807) is 46.9 Å². The topological polar surface area (TPSA) is 113 Å². The Morgan fingerprint density at radius 3 is 2.77 bits per heavy atom. The van der Waals surface area contributed by atoms with Crippen LogP contribution in [0, 0.1) is 11.3 Å². The lowest BCUT2D eigenvalue weighted by atomic mass is 10.1. The molecule has 1 aliphatic rings. The number of rotatable bonds is 7. The van der Waals surface area contributed by atoms with E-state index in [9.17, 15) is 9.59 Å². The number of benzene rings is 1. The third-order valence-corrected chi connectivity index (χ3v) is 5.16. The fourth-order valence-corrected chi connectivity index (χ4v) is 3.38. The molecule has 3 aromatic rings. The van der Waals surface area contributed by atoms with Crippen molar-refractivity contribution in [2.24, 2.45) is 0 Å². The van der Waals surface area contributed by atoms with Gasteiger partial charge in [-0.25, -0.2) is 9.97 Å². The van der Waals surface area contributed by atoms with Gasteiger partial charge in [0.25, 0.3) is 11.8 Å². The number of fused-ring (bicyclic) bond motifs is 1. The number of nitriles is 1. The van der Waals surface area contributed by atoms with Crippen molar-refractivity contribution in [3.63, 3.8) is 0 Å². The first kappa shape index (κ1) is 20.5.